The Kier molecular flexibility index (Phi) is 5.98. The average molecular weight is 499 g/mol. The van der Waals surface area contributed by atoms with Gasteiger partial charge in [-0.2, -0.15) is 5.10 Å². The van der Waals surface area contributed by atoms with E-state index in [0.717, 1.165) is 44.8 Å². The molecule has 1 aromatic heterocycles. The highest BCUT2D eigenvalue weighted by Gasteiger charge is 2.59. The van der Waals surface area contributed by atoms with E-state index < -0.39 is 21.9 Å². The predicted octanol–water partition coefficient (Wildman–Crippen LogP) is 4.12. The average Bonchev–Trinajstić information content (AvgIpc) is 3.37. The summed E-state index contributed by atoms with van der Waals surface area (Å²) in [6.07, 6.45) is 6.84. The second-order valence-corrected chi connectivity index (χ2v) is 13.8. The molecule has 0 radical (unpaired) electrons. The molecule has 1 N–H and O–H groups in total. The van der Waals surface area contributed by atoms with Crippen LogP contribution in [-0.2, 0) is 21.2 Å². The van der Waals surface area contributed by atoms with Crippen molar-refractivity contribution < 1.29 is 27.1 Å². The van der Waals surface area contributed by atoms with Crippen LogP contribution in [0.2, 0.25) is 0 Å². The Balaban J connectivity index is 1.28. The highest BCUT2D eigenvalue weighted by atomic mass is 32.2. The van der Waals surface area contributed by atoms with E-state index in [0.29, 0.717) is 30.1 Å². The van der Waals surface area contributed by atoms with Crippen LogP contribution in [0.25, 0.3) is 0 Å². The van der Waals surface area contributed by atoms with Gasteiger partial charge in [-0.15, -0.1) is 0 Å². The molecule has 4 aliphatic rings. The summed E-state index contributed by atoms with van der Waals surface area (Å²) >= 11 is 0. The molecule has 4 fully saturated rings. The lowest BCUT2D eigenvalue weighted by molar-refractivity contribution is -0.160. The van der Waals surface area contributed by atoms with Crippen LogP contribution >= 0.6 is 0 Å². The Morgan fingerprint density at radius 2 is 1.88 bits per heavy atom. The van der Waals surface area contributed by atoms with Crippen molar-refractivity contribution in [1.29, 1.82) is 0 Å². The first-order valence-corrected chi connectivity index (χ1v) is 14.6. The number of aromatic nitrogens is 2. The summed E-state index contributed by atoms with van der Waals surface area (Å²) in [7, 11) is -3.40. The van der Waals surface area contributed by atoms with E-state index in [9.17, 15) is 27.1 Å². The number of ketones is 1. The molecule has 190 valence electrons. The maximum atomic E-state index is 13.4. The Hall–Kier alpha value is -1.35. The highest BCUT2D eigenvalue weighted by Crippen LogP contribution is 2.65. The number of fused-ring (bicyclic) bond motifs is 5. The molecule has 4 aliphatic carbocycles. The second-order valence-electron chi connectivity index (χ2n) is 11.8. The van der Waals surface area contributed by atoms with E-state index in [4.69, 9.17) is 0 Å². The lowest BCUT2D eigenvalue weighted by Gasteiger charge is -2.57. The van der Waals surface area contributed by atoms with Gasteiger partial charge in [-0.1, -0.05) is 6.92 Å². The number of rotatable bonds is 5. The van der Waals surface area contributed by atoms with Gasteiger partial charge in [0.2, 0.25) is 0 Å². The molecule has 0 unspecified atom stereocenters. The maximum absolute atomic E-state index is 13.4. The first kappa shape index (κ1) is 24.3. The third-order valence-corrected chi connectivity index (χ3v) is 11.1. The van der Waals surface area contributed by atoms with Gasteiger partial charge in [-0.25, -0.2) is 17.2 Å². The predicted molar refractivity (Wildman–Crippen MR) is 122 cm³/mol. The van der Waals surface area contributed by atoms with E-state index in [-0.39, 0.29) is 47.4 Å². The maximum Gasteiger partial charge on any atom is 0.266 e. The van der Waals surface area contributed by atoms with Gasteiger partial charge in [-0.3, -0.25) is 9.48 Å². The highest BCUT2D eigenvalue weighted by molar-refractivity contribution is 7.90. The van der Waals surface area contributed by atoms with Crippen LogP contribution in [0.4, 0.5) is 8.78 Å². The summed E-state index contributed by atoms with van der Waals surface area (Å²) in [4.78, 5) is 13.3. The quantitative estimate of drug-likeness (QED) is 0.660. The number of hydrogen-bond acceptors (Lipinski definition) is 5. The van der Waals surface area contributed by atoms with E-state index in [1.165, 1.54) is 10.7 Å². The fraction of sp³-hybridized carbons (Fsp3) is 0.840. The molecule has 6 nitrogen and oxygen atoms in total. The molecule has 34 heavy (non-hydrogen) atoms. The van der Waals surface area contributed by atoms with Crippen molar-refractivity contribution in [2.75, 3.05) is 6.26 Å². The number of hydrogen-bond donors (Lipinski definition) is 1. The molecule has 4 saturated carbocycles. The van der Waals surface area contributed by atoms with Gasteiger partial charge in [0.05, 0.1) is 6.54 Å². The minimum absolute atomic E-state index is 0.0145. The van der Waals surface area contributed by atoms with E-state index in [1.807, 2.05) is 0 Å². The monoisotopic (exact) mass is 498 g/mol. The second kappa shape index (κ2) is 8.36. The van der Waals surface area contributed by atoms with E-state index in [1.54, 1.807) is 6.20 Å². The van der Waals surface area contributed by atoms with Crippen LogP contribution in [0.3, 0.4) is 0 Å². The van der Waals surface area contributed by atoms with Crippen molar-refractivity contribution in [1.82, 2.24) is 9.78 Å². The molecule has 5 rings (SSSR count). The lowest BCUT2D eigenvalue weighted by atomic mass is 9.49. The molecule has 0 aromatic carbocycles. The normalized spacial score (nSPS) is 42.2. The van der Waals surface area contributed by atoms with Gasteiger partial charge in [0.25, 0.3) is 6.43 Å². The van der Waals surface area contributed by atoms with Crippen LogP contribution in [0.1, 0.15) is 64.7 Å². The van der Waals surface area contributed by atoms with Gasteiger partial charge in [0.1, 0.15) is 5.60 Å². The van der Waals surface area contributed by atoms with Crippen LogP contribution in [-0.4, -0.2) is 47.4 Å². The number of sulfone groups is 1. The fourth-order valence-electron chi connectivity index (χ4n) is 8.54. The molecule has 8 atom stereocenters. The summed E-state index contributed by atoms with van der Waals surface area (Å²) < 4.78 is 51.8. The zero-order valence-corrected chi connectivity index (χ0v) is 20.8. The first-order valence-electron chi connectivity index (χ1n) is 12.7. The minimum atomic E-state index is -3.40. The summed E-state index contributed by atoms with van der Waals surface area (Å²) in [5.41, 5.74) is -1.89. The molecule has 1 heterocycles. The Morgan fingerprint density at radius 3 is 2.56 bits per heavy atom. The summed E-state index contributed by atoms with van der Waals surface area (Å²) in [6, 6.07) is 1.44. The lowest BCUT2D eigenvalue weighted by Crippen LogP contribution is -2.53. The summed E-state index contributed by atoms with van der Waals surface area (Å²) in [6.45, 7) is 2.35. The zero-order chi connectivity index (χ0) is 24.5. The van der Waals surface area contributed by atoms with E-state index in [2.05, 4.69) is 12.0 Å². The Labute approximate surface area is 200 Å². The third kappa shape index (κ3) is 3.94. The largest absolute Gasteiger partial charge is 0.384 e. The van der Waals surface area contributed by atoms with Gasteiger partial charge in [-0.05, 0) is 98.9 Å². The molecule has 0 bridgehead atoms. The van der Waals surface area contributed by atoms with Gasteiger partial charge in [0, 0.05) is 18.4 Å². The number of Topliss-reactive ketones (excluding diaryl/α,β-unsaturated/α-hetero) is 1. The van der Waals surface area contributed by atoms with Gasteiger partial charge < -0.3 is 5.11 Å². The molecular formula is C25H36F2N2O4S. The fourth-order valence-corrected chi connectivity index (χ4v) is 9.10. The van der Waals surface area contributed by atoms with Crippen molar-refractivity contribution in [2.45, 2.75) is 88.3 Å². The van der Waals surface area contributed by atoms with Crippen molar-refractivity contribution in [3.05, 3.63) is 12.3 Å². The topological polar surface area (TPSA) is 89.3 Å². The molecule has 0 amide bonds. The number of carbonyl (C=O) groups is 1. The number of carbonyl (C=O) groups excluding carboxylic acids is 1. The first-order chi connectivity index (χ1) is 15.9. The third-order valence-electron chi connectivity index (χ3n) is 10.2. The number of alkyl halides is 2. The Bertz CT molecular complexity index is 1060. The van der Waals surface area contributed by atoms with Gasteiger partial charge >= 0.3 is 0 Å². The molecule has 1 aromatic rings. The molecule has 0 saturated heterocycles. The smallest absolute Gasteiger partial charge is 0.266 e. The molecule has 0 spiro atoms. The molecular weight excluding hydrogens is 462 g/mol. The van der Waals surface area contributed by atoms with Crippen molar-refractivity contribution >= 4 is 15.6 Å². The summed E-state index contributed by atoms with van der Waals surface area (Å²) in [5.74, 6) is 2.16. The van der Waals surface area contributed by atoms with Crippen LogP contribution in [0.15, 0.2) is 17.3 Å². The molecule has 9 heteroatoms. The SMILES string of the molecule is C[C@]12CC[C@H]3[C@@H](CC[C@@H]4C[C@@](O)(C(F)F)CC[C@@H]43)[C@@H]1CC[C@@H]2C(=O)Cn1ccc(S(C)(=O)=O)n1. The van der Waals surface area contributed by atoms with Crippen LogP contribution < -0.4 is 0 Å². The van der Waals surface area contributed by atoms with Gasteiger partial charge in [0.15, 0.2) is 20.6 Å². The number of aliphatic hydroxyl groups is 1. The standard InChI is InChI=1S/C25H36F2N2O4S/c1-24-10-7-17-16-8-11-25(31,23(26)27)13-15(16)3-4-18(17)19(24)5-6-20(24)21(30)14-29-12-9-22(28-29)34(2,32)33/h9,12,15-20,23,31H,3-8,10-11,13-14H2,1-2H3/t15-,16+,17-,18-,19+,20-,24+,25-/m1/s1. The number of nitrogens with zero attached hydrogens (tertiary/aromatic N) is 2. The van der Waals surface area contributed by atoms with Crippen LogP contribution in [0, 0.1) is 40.9 Å². The van der Waals surface area contributed by atoms with Crippen molar-refractivity contribution in [2.24, 2.45) is 40.9 Å². The van der Waals surface area contributed by atoms with E-state index >= 15 is 0 Å². The van der Waals surface area contributed by atoms with Crippen molar-refractivity contribution in [3.63, 3.8) is 0 Å². The minimum Gasteiger partial charge on any atom is -0.384 e. The number of halogens is 2. The van der Waals surface area contributed by atoms with Crippen LogP contribution in [0.5, 0.6) is 0 Å². The molecule has 0 aliphatic heterocycles. The Morgan fingerprint density at radius 1 is 1.15 bits per heavy atom. The summed E-state index contributed by atoms with van der Waals surface area (Å²) in [5, 5.41) is 14.5. The zero-order valence-electron chi connectivity index (χ0n) is 20.0. The van der Waals surface area contributed by atoms with Crippen molar-refractivity contribution in [3.8, 4) is 0 Å².